The van der Waals surface area contributed by atoms with Crippen LogP contribution < -0.4 is 14.4 Å². The standard InChI is InChI=1S/C21H26N2O3/c1-15-7-5-6-8-17(15)14-22-9-10-23(21(24)16(22)2)18-11-19(25-3)13-20(12-18)26-4/h5-8,11-13,16H,9-10,14H2,1-4H3. The molecule has 0 bridgehead atoms. The number of carbonyl (C=O) groups is 1. The quantitative estimate of drug-likeness (QED) is 0.827. The highest BCUT2D eigenvalue weighted by Gasteiger charge is 2.32. The van der Waals surface area contributed by atoms with E-state index >= 15 is 0 Å². The summed E-state index contributed by atoms with van der Waals surface area (Å²) in [6, 6.07) is 13.7. The topological polar surface area (TPSA) is 42.0 Å². The molecule has 1 atom stereocenters. The van der Waals surface area contributed by atoms with Gasteiger partial charge in [0.05, 0.1) is 25.9 Å². The maximum atomic E-state index is 13.0. The van der Waals surface area contributed by atoms with Gasteiger partial charge in [-0.2, -0.15) is 0 Å². The van der Waals surface area contributed by atoms with Crippen LogP contribution in [0.1, 0.15) is 18.1 Å². The van der Waals surface area contributed by atoms with E-state index in [2.05, 4.69) is 24.0 Å². The molecule has 3 rings (SSSR count). The first-order valence-corrected chi connectivity index (χ1v) is 8.86. The van der Waals surface area contributed by atoms with Crippen molar-refractivity contribution in [3.8, 4) is 11.5 Å². The Morgan fingerprint density at radius 3 is 2.31 bits per heavy atom. The summed E-state index contributed by atoms with van der Waals surface area (Å²) in [4.78, 5) is 17.1. The van der Waals surface area contributed by atoms with Crippen molar-refractivity contribution < 1.29 is 14.3 Å². The third-order valence-electron chi connectivity index (χ3n) is 5.06. The lowest BCUT2D eigenvalue weighted by molar-refractivity contribution is -0.125. The zero-order valence-corrected chi connectivity index (χ0v) is 15.9. The van der Waals surface area contributed by atoms with Gasteiger partial charge in [-0.25, -0.2) is 0 Å². The van der Waals surface area contributed by atoms with Crippen molar-refractivity contribution in [2.75, 3.05) is 32.2 Å². The zero-order valence-electron chi connectivity index (χ0n) is 15.9. The molecule has 0 aliphatic carbocycles. The van der Waals surface area contributed by atoms with Gasteiger partial charge >= 0.3 is 0 Å². The number of anilines is 1. The summed E-state index contributed by atoms with van der Waals surface area (Å²) < 4.78 is 10.7. The van der Waals surface area contributed by atoms with Gasteiger partial charge in [-0.15, -0.1) is 0 Å². The normalized spacial score (nSPS) is 18.1. The fourth-order valence-corrected chi connectivity index (χ4v) is 3.34. The molecule has 138 valence electrons. The average molecular weight is 354 g/mol. The lowest BCUT2D eigenvalue weighted by Crippen LogP contribution is -2.55. The van der Waals surface area contributed by atoms with Crippen molar-refractivity contribution in [3.05, 3.63) is 53.6 Å². The number of ether oxygens (including phenoxy) is 2. The van der Waals surface area contributed by atoms with Gasteiger partial charge < -0.3 is 14.4 Å². The van der Waals surface area contributed by atoms with Gasteiger partial charge in [0.2, 0.25) is 5.91 Å². The molecule has 0 N–H and O–H groups in total. The molecule has 1 unspecified atom stereocenters. The molecule has 0 spiro atoms. The number of methoxy groups -OCH3 is 2. The summed E-state index contributed by atoms with van der Waals surface area (Å²) in [5.74, 6) is 1.46. The Morgan fingerprint density at radius 1 is 1.04 bits per heavy atom. The first kappa shape index (κ1) is 18.3. The first-order chi connectivity index (χ1) is 12.5. The Labute approximate surface area is 155 Å². The molecule has 1 aliphatic rings. The van der Waals surface area contributed by atoms with Gasteiger partial charge in [0, 0.05) is 37.8 Å². The van der Waals surface area contributed by atoms with Crippen molar-refractivity contribution in [3.63, 3.8) is 0 Å². The monoisotopic (exact) mass is 354 g/mol. The van der Waals surface area contributed by atoms with Gasteiger partial charge in [-0.05, 0) is 25.0 Å². The Bertz CT molecular complexity index is 768. The summed E-state index contributed by atoms with van der Waals surface area (Å²) >= 11 is 0. The summed E-state index contributed by atoms with van der Waals surface area (Å²) in [6.45, 7) is 6.34. The van der Waals surface area contributed by atoms with E-state index in [1.54, 1.807) is 14.2 Å². The van der Waals surface area contributed by atoms with E-state index in [1.807, 2.05) is 42.2 Å². The SMILES string of the molecule is COc1cc(OC)cc(N2CCN(Cc3ccccc3C)C(C)C2=O)c1. The number of carbonyl (C=O) groups excluding carboxylic acids is 1. The first-order valence-electron chi connectivity index (χ1n) is 8.86. The largest absolute Gasteiger partial charge is 0.497 e. The van der Waals surface area contributed by atoms with Gasteiger partial charge in [0.25, 0.3) is 0 Å². The van der Waals surface area contributed by atoms with E-state index in [-0.39, 0.29) is 11.9 Å². The van der Waals surface area contributed by atoms with Crippen molar-refractivity contribution in [1.29, 1.82) is 0 Å². The van der Waals surface area contributed by atoms with E-state index in [4.69, 9.17) is 9.47 Å². The van der Waals surface area contributed by atoms with Crippen LogP contribution in [0, 0.1) is 6.92 Å². The molecule has 2 aromatic carbocycles. The minimum absolute atomic E-state index is 0.0974. The minimum Gasteiger partial charge on any atom is -0.497 e. The zero-order chi connectivity index (χ0) is 18.7. The van der Waals surface area contributed by atoms with Crippen LogP contribution in [0.2, 0.25) is 0 Å². The van der Waals surface area contributed by atoms with Gasteiger partial charge in [-0.1, -0.05) is 24.3 Å². The van der Waals surface area contributed by atoms with Crippen molar-refractivity contribution in [2.24, 2.45) is 0 Å². The Kier molecular flexibility index (Phi) is 5.47. The minimum atomic E-state index is -0.180. The fourth-order valence-electron chi connectivity index (χ4n) is 3.34. The maximum absolute atomic E-state index is 13.0. The van der Waals surface area contributed by atoms with Crippen LogP contribution in [0.5, 0.6) is 11.5 Å². The van der Waals surface area contributed by atoms with Gasteiger partial charge in [0.1, 0.15) is 11.5 Å². The molecule has 0 radical (unpaired) electrons. The molecule has 1 amide bonds. The second-order valence-corrected chi connectivity index (χ2v) is 6.63. The predicted molar refractivity (Wildman–Crippen MR) is 103 cm³/mol. The van der Waals surface area contributed by atoms with Crippen molar-refractivity contribution in [1.82, 2.24) is 4.90 Å². The molecule has 2 aromatic rings. The third-order valence-corrected chi connectivity index (χ3v) is 5.06. The van der Waals surface area contributed by atoms with E-state index in [9.17, 15) is 4.79 Å². The van der Waals surface area contributed by atoms with Crippen LogP contribution in [0.25, 0.3) is 0 Å². The van der Waals surface area contributed by atoms with Gasteiger partial charge in [0.15, 0.2) is 0 Å². The molecule has 1 heterocycles. The molecule has 5 nitrogen and oxygen atoms in total. The van der Waals surface area contributed by atoms with Crippen molar-refractivity contribution >= 4 is 11.6 Å². The Balaban J connectivity index is 1.79. The fraction of sp³-hybridized carbons (Fsp3) is 0.381. The molecular formula is C21H26N2O3. The smallest absolute Gasteiger partial charge is 0.244 e. The second-order valence-electron chi connectivity index (χ2n) is 6.63. The van der Waals surface area contributed by atoms with Crippen LogP contribution in [0.4, 0.5) is 5.69 Å². The molecule has 1 aliphatic heterocycles. The number of benzene rings is 2. The summed E-state index contributed by atoms with van der Waals surface area (Å²) in [5.41, 5.74) is 3.34. The van der Waals surface area contributed by atoms with E-state index in [0.29, 0.717) is 18.0 Å². The van der Waals surface area contributed by atoms with E-state index < -0.39 is 0 Å². The lowest BCUT2D eigenvalue weighted by Gasteiger charge is -2.39. The Hall–Kier alpha value is -2.53. The van der Waals surface area contributed by atoms with E-state index in [0.717, 1.165) is 18.8 Å². The molecule has 5 heteroatoms. The number of rotatable bonds is 5. The number of hydrogen-bond acceptors (Lipinski definition) is 4. The number of piperazine rings is 1. The molecule has 1 saturated heterocycles. The van der Waals surface area contributed by atoms with Crippen LogP contribution >= 0.6 is 0 Å². The highest BCUT2D eigenvalue weighted by Crippen LogP contribution is 2.30. The van der Waals surface area contributed by atoms with Crippen LogP contribution in [-0.2, 0) is 11.3 Å². The number of nitrogens with zero attached hydrogens (tertiary/aromatic N) is 2. The van der Waals surface area contributed by atoms with Crippen LogP contribution in [0.3, 0.4) is 0 Å². The van der Waals surface area contributed by atoms with Gasteiger partial charge in [-0.3, -0.25) is 9.69 Å². The van der Waals surface area contributed by atoms with Crippen LogP contribution in [-0.4, -0.2) is 44.2 Å². The number of amides is 1. The average Bonchev–Trinajstić information content (AvgIpc) is 2.66. The van der Waals surface area contributed by atoms with Crippen molar-refractivity contribution in [2.45, 2.75) is 26.4 Å². The molecule has 26 heavy (non-hydrogen) atoms. The summed E-state index contributed by atoms with van der Waals surface area (Å²) in [5, 5.41) is 0. The van der Waals surface area contributed by atoms with E-state index in [1.165, 1.54) is 11.1 Å². The Morgan fingerprint density at radius 2 is 1.69 bits per heavy atom. The summed E-state index contributed by atoms with van der Waals surface area (Å²) in [7, 11) is 3.23. The highest BCUT2D eigenvalue weighted by molar-refractivity contribution is 5.98. The molecule has 0 aromatic heterocycles. The second kappa shape index (κ2) is 7.79. The summed E-state index contributed by atoms with van der Waals surface area (Å²) in [6.07, 6.45) is 0. The maximum Gasteiger partial charge on any atom is 0.244 e. The van der Waals surface area contributed by atoms with Crippen LogP contribution in [0.15, 0.2) is 42.5 Å². The highest BCUT2D eigenvalue weighted by atomic mass is 16.5. The number of hydrogen-bond donors (Lipinski definition) is 0. The molecule has 1 fully saturated rings. The lowest BCUT2D eigenvalue weighted by atomic mass is 10.1. The molecule has 0 saturated carbocycles. The number of aryl methyl sites for hydroxylation is 1. The molecular weight excluding hydrogens is 328 g/mol. The predicted octanol–water partition coefficient (Wildman–Crippen LogP) is 3.25. The third kappa shape index (κ3) is 3.68.